The van der Waals surface area contributed by atoms with Crippen LogP contribution in [-0.2, 0) is 16.6 Å². The number of sulfonamides is 1. The van der Waals surface area contributed by atoms with Crippen molar-refractivity contribution in [2.24, 2.45) is 0 Å². The number of nitrogens with one attached hydrogen (secondary N) is 1. The molecule has 0 radical (unpaired) electrons. The second kappa shape index (κ2) is 9.35. The van der Waals surface area contributed by atoms with Crippen LogP contribution in [0.1, 0.15) is 21.8 Å². The Morgan fingerprint density at radius 3 is 2.67 bits per heavy atom. The number of amides is 1. The van der Waals surface area contributed by atoms with E-state index in [9.17, 15) is 13.2 Å². The Morgan fingerprint density at radius 1 is 1.18 bits per heavy atom. The van der Waals surface area contributed by atoms with E-state index in [1.165, 1.54) is 7.05 Å². The van der Waals surface area contributed by atoms with Crippen LogP contribution in [0.5, 0.6) is 0 Å². The van der Waals surface area contributed by atoms with Crippen molar-refractivity contribution in [3.8, 4) is 11.4 Å². The van der Waals surface area contributed by atoms with Crippen LogP contribution in [0.3, 0.4) is 0 Å². The molecular weight excluding hydrogens is 488 g/mol. The molecule has 1 amide bonds. The van der Waals surface area contributed by atoms with Crippen LogP contribution in [0.25, 0.3) is 11.4 Å². The summed E-state index contributed by atoms with van der Waals surface area (Å²) in [6.45, 7) is 1.69. The lowest BCUT2D eigenvalue weighted by atomic mass is 10.1. The highest BCUT2D eigenvalue weighted by Crippen LogP contribution is 2.25. The minimum absolute atomic E-state index is 0.0660. The van der Waals surface area contributed by atoms with Gasteiger partial charge in [0.2, 0.25) is 21.2 Å². The molecule has 0 aliphatic heterocycles. The molecule has 0 spiro atoms. The molecule has 13 heteroatoms. The highest BCUT2D eigenvalue weighted by molar-refractivity contribution is 7.91. The molecule has 1 N–H and O–H groups in total. The van der Waals surface area contributed by atoms with Crippen molar-refractivity contribution in [1.29, 1.82) is 0 Å². The molecule has 10 nitrogen and oxygen atoms in total. The third kappa shape index (κ3) is 5.25. The summed E-state index contributed by atoms with van der Waals surface area (Å²) < 4.78 is 31.7. The maximum atomic E-state index is 12.9. The van der Waals surface area contributed by atoms with E-state index in [2.05, 4.69) is 25.7 Å². The van der Waals surface area contributed by atoms with Gasteiger partial charge in [-0.15, -0.1) is 10.2 Å². The summed E-state index contributed by atoms with van der Waals surface area (Å²) >= 11 is 6.62. The second-order valence-corrected chi connectivity index (χ2v) is 10.6. The van der Waals surface area contributed by atoms with Crippen LogP contribution < -0.4 is 5.32 Å². The SMILES string of the molecule is Cc1cccc(C(=O)Nc2nnc(S(=O)(=O)N(C)Cc3nc(-c4ccc(Cl)cc4)no3)s2)c1. The fraction of sp³-hybridized carbons (Fsp3) is 0.150. The summed E-state index contributed by atoms with van der Waals surface area (Å²) in [5, 5.41) is 14.6. The lowest BCUT2D eigenvalue weighted by molar-refractivity contribution is 0.102. The first-order valence-electron chi connectivity index (χ1n) is 9.49. The normalized spacial score (nSPS) is 11.6. The van der Waals surface area contributed by atoms with Gasteiger partial charge in [-0.05, 0) is 43.3 Å². The predicted molar refractivity (Wildman–Crippen MR) is 122 cm³/mol. The first-order chi connectivity index (χ1) is 15.7. The van der Waals surface area contributed by atoms with Gasteiger partial charge in [0, 0.05) is 23.2 Å². The molecule has 0 saturated carbocycles. The second-order valence-electron chi connectivity index (χ2n) is 6.98. The van der Waals surface area contributed by atoms with Crippen LogP contribution in [0, 0.1) is 6.92 Å². The number of carbonyl (C=O) groups excluding carboxylic acids is 1. The summed E-state index contributed by atoms with van der Waals surface area (Å²) in [7, 11) is -2.65. The summed E-state index contributed by atoms with van der Waals surface area (Å²) in [4.78, 5) is 16.6. The minimum atomic E-state index is -4.00. The lowest BCUT2D eigenvalue weighted by Crippen LogP contribution is -2.26. The van der Waals surface area contributed by atoms with Crippen LogP contribution in [0.2, 0.25) is 5.02 Å². The molecular formula is C20H17ClN6O4S2. The Balaban J connectivity index is 1.44. The minimum Gasteiger partial charge on any atom is -0.338 e. The van der Waals surface area contributed by atoms with Crippen molar-refractivity contribution in [2.45, 2.75) is 17.8 Å². The third-order valence-corrected chi connectivity index (χ3v) is 7.71. The van der Waals surface area contributed by atoms with Crippen LogP contribution in [0.4, 0.5) is 5.13 Å². The van der Waals surface area contributed by atoms with Gasteiger partial charge in [0.1, 0.15) is 0 Å². The monoisotopic (exact) mass is 504 g/mol. The molecule has 2 heterocycles. The Labute approximate surface area is 198 Å². The van der Waals surface area contributed by atoms with Crippen molar-refractivity contribution in [1.82, 2.24) is 24.6 Å². The molecule has 33 heavy (non-hydrogen) atoms. The fourth-order valence-electron chi connectivity index (χ4n) is 2.76. The number of benzene rings is 2. The number of halogens is 1. The van der Waals surface area contributed by atoms with Gasteiger partial charge in [0.15, 0.2) is 0 Å². The maximum Gasteiger partial charge on any atom is 0.272 e. The molecule has 0 aliphatic rings. The van der Waals surface area contributed by atoms with E-state index >= 15 is 0 Å². The van der Waals surface area contributed by atoms with Crippen LogP contribution >= 0.6 is 22.9 Å². The average molecular weight is 505 g/mol. The third-order valence-electron chi connectivity index (χ3n) is 4.47. The summed E-state index contributed by atoms with van der Waals surface area (Å²) in [6.07, 6.45) is 0. The van der Waals surface area contributed by atoms with Crippen molar-refractivity contribution in [2.75, 3.05) is 12.4 Å². The summed E-state index contributed by atoms with van der Waals surface area (Å²) in [5.74, 6) is 0.000725. The van der Waals surface area contributed by atoms with E-state index in [4.69, 9.17) is 16.1 Å². The van der Waals surface area contributed by atoms with E-state index in [0.29, 0.717) is 22.0 Å². The molecule has 0 atom stereocenters. The Morgan fingerprint density at radius 2 is 1.94 bits per heavy atom. The number of aryl methyl sites for hydroxylation is 1. The van der Waals surface area contributed by atoms with Gasteiger partial charge < -0.3 is 4.52 Å². The molecule has 0 unspecified atom stereocenters. The fourth-order valence-corrected chi connectivity index (χ4v) is 5.09. The maximum absolute atomic E-state index is 12.9. The van der Waals surface area contributed by atoms with E-state index < -0.39 is 15.9 Å². The molecule has 2 aromatic carbocycles. The summed E-state index contributed by atoms with van der Waals surface area (Å²) in [5.41, 5.74) is 2.03. The molecule has 170 valence electrons. The predicted octanol–water partition coefficient (Wildman–Crippen LogP) is 3.62. The van der Waals surface area contributed by atoms with Crippen LogP contribution in [-0.4, -0.2) is 46.0 Å². The molecule has 0 aliphatic carbocycles. The highest BCUT2D eigenvalue weighted by atomic mass is 35.5. The van der Waals surface area contributed by atoms with Crippen molar-refractivity contribution >= 4 is 44.0 Å². The largest absolute Gasteiger partial charge is 0.338 e. The highest BCUT2D eigenvalue weighted by Gasteiger charge is 2.28. The number of nitrogens with zero attached hydrogens (tertiary/aromatic N) is 5. The number of anilines is 1. The quantitative estimate of drug-likeness (QED) is 0.377. The lowest BCUT2D eigenvalue weighted by Gasteiger charge is -2.11. The van der Waals surface area contributed by atoms with E-state index in [0.717, 1.165) is 21.2 Å². The van der Waals surface area contributed by atoms with Gasteiger partial charge in [-0.3, -0.25) is 10.1 Å². The zero-order chi connectivity index (χ0) is 23.6. The van der Waals surface area contributed by atoms with E-state index in [1.807, 2.05) is 13.0 Å². The number of hydrogen-bond acceptors (Lipinski definition) is 9. The average Bonchev–Trinajstić information content (AvgIpc) is 3.44. The zero-order valence-corrected chi connectivity index (χ0v) is 19.8. The van der Waals surface area contributed by atoms with Crippen molar-refractivity contribution in [3.63, 3.8) is 0 Å². The summed E-state index contributed by atoms with van der Waals surface area (Å²) in [6, 6.07) is 13.8. The number of carbonyl (C=O) groups is 1. The van der Waals surface area contributed by atoms with Gasteiger partial charge >= 0.3 is 0 Å². The molecule has 0 saturated heterocycles. The first-order valence-corrected chi connectivity index (χ1v) is 12.1. The van der Waals surface area contributed by atoms with Gasteiger partial charge in [-0.1, -0.05) is 45.8 Å². The Kier molecular flexibility index (Phi) is 6.51. The first kappa shape index (κ1) is 23.0. The molecule has 0 fully saturated rings. The molecule has 4 aromatic rings. The van der Waals surface area contributed by atoms with Crippen molar-refractivity contribution < 1.29 is 17.7 Å². The Bertz CT molecular complexity index is 1400. The van der Waals surface area contributed by atoms with Gasteiger partial charge in [0.05, 0.1) is 6.54 Å². The number of rotatable bonds is 7. The topological polar surface area (TPSA) is 131 Å². The molecule has 4 rings (SSSR count). The molecule has 2 aromatic heterocycles. The van der Waals surface area contributed by atoms with E-state index in [-0.39, 0.29) is 21.9 Å². The molecule has 0 bridgehead atoms. The van der Waals surface area contributed by atoms with Gasteiger partial charge in [-0.2, -0.15) is 9.29 Å². The van der Waals surface area contributed by atoms with Gasteiger partial charge in [0.25, 0.3) is 15.9 Å². The van der Waals surface area contributed by atoms with Gasteiger partial charge in [-0.25, -0.2) is 8.42 Å². The van der Waals surface area contributed by atoms with E-state index in [1.54, 1.807) is 42.5 Å². The van der Waals surface area contributed by atoms with Crippen LogP contribution in [0.15, 0.2) is 57.4 Å². The Hall–Kier alpha value is -3.19. The standard InChI is InChI=1S/C20H17ClN6O4S2/c1-12-4-3-5-14(10-12)18(28)23-19-24-25-20(32-19)33(29,30)27(2)11-16-22-17(26-31-16)13-6-8-15(21)9-7-13/h3-10H,11H2,1-2H3,(H,23,24,28). The number of aromatic nitrogens is 4. The van der Waals surface area contributed by atoms with Crippen molar-refractivity contribution in [3.05, 3.63) is 70.6 Å². The number of hydrogen-bond donors (Lipinski definition) is 1. The zero-order valence-electron chi connectivity index (χ0n) is 17.4. The smallest absolute Gasteiger partial charge is 0.272 e.